The van der Waals surface area contributed by atoms with E-state index in [1.165, 1.54) is 19.3 Å². The van der Waals surface area contributed by atoms with Crippen LogP contribution in [-0.2, 0) is 9.59 Å². The van der Waals surface area contributed by atoms with Crippen LogP contribution in [0.25, 0.3) is 0 Å². The van der Waals surface area contributed by atoms with Crippen molar-refractivity contribution in [3.05, 3.63) is 13.2 Å². The van der Waals surface area contributed by atoms with Crippen molar-refractivity contribution in [1.82, 2.24) is 0 Å². The van der Waals surface area contributed by atoms with Crippen LogP contribution in [0.2, 0.25) is 0 Å². The maximum atomic E-state index is 12.8. The zero-order valence-electron chi connectivity index (χ0n) is 22.6. The van der Waals surface area contributed by atoms with Crippen LogP contribution in [0.5, 0.6) is 0 Å². The second-order valence-electron chi connectivity index (χ2n) is 13.4. The lowest BCUT2D eigenvalue weighted by atomic mass is 9.32. The molecule has 4 aliphatic rings. The van der Waals surface area contributed by atoms with Gasteiger partial charge in [-0.2, -0.15) is 0 Å². The van der Waals surface area contributed by atoms with Crippen molar-refractivity contribution in [1.29, 1.82) is 0 Å². The number of hydrogen-bond donors (Lipinski definition) is 1. The normalized spacial score (nSPS) is 48.4. The second kappa shape index (κ2) is 8.52. The van der Waals surface area contributed by atoms with Gasteiger partial charge in [-0.05, 0) is 98.2 Å². The number of carbonyl (C=O) groups excluding carboxylic acids is 1. The third kappa shape index (κ3) is 3.41. The number of rotatable bonds is 3. The summed E-state index contributed by atoms with van der Waals surface area (Å²) in [6.07, 6.45) is 10.5. The monoisotopic (exact) mass is 458 g/mol. The SMILES string of the molecule is C=C.CCCC1C2CCC3[C@@]4(C)CCC(=O)C(C)(C)C4CC[C@@]3(C)[C@]2(C)CC[C@]1(C)C(=O)O. The van der Waals surface area contributed by atoms with Gasteiger partial charge in [-0.15, -0.1) is 13.2 Å². The van der Waals surface area contributed by atoms with Crippen molar-refractivity contribution in [3.63, 3.8) is 0 Å². The van der Waals surface area contributed by atoms with E-state index in [2.05, 4.69) is 54.7 Å². The second-order valence-corrected chi connectivity index (χ2v) is 13.4. The van der Waals surface area contributed by atoms with Gasteiger partial charge in [-0.3, -0.25) is 9.59 Å². The lowest BCUT2D eigenvalue weighted by Gasteiger charge is -2.72. The first-order valence-corrected chi connectivity index (χ1v) is 13.6. The fourth-order valence-electron chi connectivity index (χ4n) is 10.1. The molecule has 0 bridgehead atoms. The van der Waals surface area contributed by atoms with Crippen LogP contribution >= 0.6 is 0 Å². The van der Waals surface area contributed by atoms with Gasteiger partial charge in [0.1, 0.15) is 5.78 Å². The van der Waals surface area contributed by atoms with Gasteiger partial charge in [0.15, 0.2) is 0 Å². The fraction of sp³-hybridized carbons (Fsp3) is 0.867. The summed E-state index contributed by atoms with van der Waals surface area (Å²) in [5.41, 5.74) is -0.116. The van der Waals surface area contributed by atoms with Crippen LogP contribution in [0.1, 0.15) is 113 Å². The number of carboxylic acids is 1. The molecule has 0 heterocycles. The Morgan fingerprint density at radius 3 is 2.12 bits per heavy atom. The molecule has 0 radical (unpaired) electrons. The first kappa shape index (κ1) is 26.5. The topological polar surface area (TPSA) is 54.4 Å². The maximum absolute atomic E-state index is 12.8. The molecule has 1 N–H and O–H groups in total. The quantitative estimate of drug-likeness (QED) is 0.437. The van der Waals surface area contributed by atoms with Crippen LogP contribution in [0.3, 0.4) is 0 Å². The van der Waals surface area contributed by atoms with E-state index >= 15 is 0 Å². The molecule has 0 aliphatic heterocycles. The van der Waals surface area contributed by atoms with Gasteiger partial charge in [0.05, 0.1) is 5.41 Å². The Morgan fingerprint density at radius 1 is 0.909 bits per heavy atom. The molecule has 3 heteroatoms. The van der Waals surface area contributed by atoms with Gasteiger partial charge in [-0.1, -0.05) is 48.0 Å². The summed E-state index contributed by atoms with van der Waals surface area (Å²) >= 11 is 0. The van der Waals surface area contributed by atoms with Crippen LogP contribution in [0.4, 0.5) is 0 Å². The lowest BCUT2D eigenvalue weighted by Crippen LogP contribution is -2.66. The first-order valence-electron chi connectivity index (χ1n) is 13.6. The molecular weight excluding hydrogens is 408 g/mol. The third-order valence-corrected chi connectivity index (χ3v) is 12.2. The maximum Gasteiger partial charge on any atom is 0.309 e. The van der Waals surface area contributed by atoms with E-state index in [1.54, 1.807) is 0 Å². The van der Waals surface area contributed by atoms with E-state index in [4.69, 9.17) is 0 Å². The molecule has 4 unspecified atom stereocenters. The molecule has 4 saturated carbocycles. The molecule has 4 fully saturated rings. The van der Waals surface area contributed by atoms with Gasteiger partial charge in [0.2, 0.25) is 0 Å². The van der Waals surface area contributed by atoms with E-state index in [-0.39, 0.29) is 27.6 Å². The van der Waals surface area contributed by atoms with E-state index in [0.717, 1.165) is 44.9 Å². The van der Waals surface area contributed by atoms with Crippen LogP contribution in [-0.4, -0.2) is 16.9 Å². The van der Waals surface area contributed by atoms with Crippen molar-refractivity contribution in [3.8, 4) is 0 Å². The Morgan fingerprint density at radius 2 is 1.55 bits per heavy atom. The number of Topliss-reactive ketones (excluding diaryl/α,β-unsaturated/α-hetero) is 1. The minimum absolute atomic E-state index is 0.199. The Hall–Kier alpha value is -1.12. The third-order valence-electron chi connectivity index (χ3n) is 12.2. The van der Waals surface area contributed by atoms with E-state index in [9.17, 15) is 14.7 Å². The van der Waals surface area contributed by atoms with Crippen LogP contribution < -0.4 is 0 Å². The molecule has 0 amide bonds. The first-order chi connectivity index (χ1) is 15.3. The molecule has 0 aromatic rings. The Kier molecular flexibility index (Phi) is 6.84. The average Bonchev–Trinajstić information content (AvgIpc) is 2.76. The summed E-state index contributed by atoms with van der Waals surface area (Å²) in [5, 5.41) is 10.2. The van der Waals surface area contributed by atoms with Gasteiger partial charge in [0, 0.05) is 11.8 Å². The minimum atomic E-state index is -0.580. The van der Waals surface area contributed by atoms with Crippen LogP contribution in [0.15, 0.2) is 13.2 Å². The Labute approximate surface area is 203 Å². The molecule has 188 valence electrons. The van der Waals surface area contributed by atoms with Gasteiger partial charge in [0.25, 0.3) is 0 Å². The van der Waals surface area contributed by atoms with E-state index < -0.39 is 11.4 Å². The Balaban J connectivity index is 0.00000149. The number of hydrogen-bond acceptors (Lipinski definition) is 2. The fourth-order valence-corrected chi connectivity index (χ4v) is 10.1. The summed E-state index contributed by atoms with van der Waals surface area (Å²) in [7, 11) is 0. The number of fused-ring (bicyclic) bond motifs is 5. The predicted molar refractivity (Wildman–Crippen MR) is 136 cm³/mol. The molecule has 0 spiro atoms. The van der Waals surface area contributed by atoms with Crippen molar-refractivity contribution in [2.24, 2.45) is 50.7 Å². The molecule has 0 aromatic heterocycles. The predicted octanol–water partition coefficient (Wildman–Crippen LogP) is 7.93. The molecule has 8 atom stereocenters. The smallest absolute Gasteiger partial charge is 0.309 e. The highest BCUT2D eigenvalue weighted by molar-refractivity contribution is 5.85. The van der Waals surface area contributed by atoms with Crippen molar-refractivity contribution < 1.29 is 14.7 Å². The summed E-state index contributed by atoms with van der Waals surface area (Å²) < 4.78 is 0. The highest BCUT2D eigenvalue weighted by Crippen LogP contribution is 2.75. The number of aliphatic carboxylic acids is 1. The van der Waals surface area contributed by atoms with E-state index in [1.807, 2.05) is 6.92 Å². The zero-order valence-corrected chi connectivity index (χ0v) is 22.6. The van der Waals surface area contributed by atoms with Crippen LogP contribution in [0, 0.1) is 50.7 Å². The average molecular weight is 459 g/mol. The lowest BCUT2D eigenvalue weighted by molar-refractivity contribution is -0.235. The molecule has 0 aromatic carbocycles. The summed E-state index contributed by atoms with van der Waals surface area (Å²) in [6, 6.07) is 0. The molecule has 4 rings (SSSR count). The van der Waals surface area contributed by atoms with Crippen molar-refractivity contribution in [2.45, 2.75) is 113 Å². The van der Waals surface area contributed by atoms with Gasteiger partial charge >= 0.3 is 5.97 Å². The minimum Gasteiger partial charge on any atom is -0.481 e. The molecule has 0 saturated heterocycles. The standard InChI is InChI=1S/C28H46O3.C2H4/c1-8-9-18-19-10-11-21-26(5)14-13-22(29)24(2,3)20(26)12-15-28(21,7)27(19,6)17-16-25(18,4)23(30)31;1-2/h18-21H,8-17H2,1-7H3,(H,30,31);1-2H2/t18?,19?,20?,21?,25-,26-,27+,28+;/m0./s1. The number of ketones is 1. The van der Waals surface area contributed by atoms with Crippen molar-refractivity contribution >= 4 is 11.8 Å². The van der Waals surface area contributed by atoms with E-state index in [0.29, 0.717) is 23.5 Å². The van der Waals surface area contributed by atoms with Crippen molar-refractivity contribution in [2.75, 3.05) is 0 Å². The zero-order chi connectivity index (χ0) is 25.0. The highest BCUT2D eigenvalue weighted by Gasteiger charge is 2.69. The van der Waals surface area contributed by atoms with Gasteiger partial charge < -0.3 is 5.11 Å². The highest BCUT2D eigenvalue weighted by atomic mass is 16.4. The summed E-state index contributed by atoms with van der Waals surface area (Å²) in [4.78, 5) is 25.3. The Bertz CT molecular complexity index is 785. The number of carboxylic acid groups (broad SMARTS) is 1. The largest absolute Gasteiger partial charge is 0.481 e. The molecule has 3 nitrogen and oxygen atoms in total. The molecule has 4 aliphatic carbocycles. The molecular formula is C30H50O3. The summed E-state index contributed by atoms with van der Waals surface area (Å²) in [5.74, 6) is 1.80. The van der Waals surface area contributed by atoms with Gasteiger partial charge in [-0.25, -0.2) is 0 Å². The molecule has 33 heavy (non-hydrogen) atoms. The number of carbonyl (C=O) groups is 2. The summed E-state index contributed by atoms with van der Waals surface area (Å²) in [6.45, 7) is 22.3.